The summed E-state index contributed by atoms with van der Waals surface area (Å²) in [6.07, 6.45) is 0.632. The summed E-state index contributed by atoms with van der Waals surface area (Å²) in [5.74, 6) is -0.604. The second-order valence-electron chi connectivity index (χ2n) is 5.83. The topological polar surface area (TPSA) is 75.7 Å². The van der Waals surface area contributed by atoms with E-state index in [2.05, 4.69) is 5.32 Å². The second kappa shape index (κ2) is 7.58. The highest BCUT2D eigenvalue weighted by Gasteiger charge is 2.36. The molecule has 0 bridgehead atoms. The molecule has 7 heteroatoms. The third-order valence-corrected chi connectivity index (χ3v) is 4.36. The minimum atomic E-state index is -0.502. The van der Waals surface area contributed by atoms with Gasteiger partial charge in [0.05, 0.1) is 18.2 Å². The summed E-state index contributed by atoms with van der Waals surface area (Å²) in [5, 5.41) is 3.09. The molecule has 1 heterocycles. The first kappa shape index (κ1) is 17.9. The average molecular weight is 373 g/mol. The average Bonchev–Trinajstić information content (AvgIpc) is 2.86. The van der Waals surface area contributed by atoms with Gasteiger partial charge in [-0.15, -0.1) is 0 Å². The summed E-state index contributed by atoms with van der Waals surface area (Å²) in [6.45, 7) is 0.0900. The van der Waals surface area contributed by atoms with Gasteiger partial charge in [0.25, 0.3) is 11.8 Å². The van der Waals surface area contributed by atoms with Gasteiger partial charge >= 0.3 is 0 Å². The maximum Gasteiger partial charge on any atom is 0.262 e. The van der Waals surface area contributed by atoms with Crippen molar-refractivity contribution < 1.29 is 19.1 Å². The van der Waals surface area contributed by atoms with Crippen molar-refractivity contribution in [2.24, 2.45) is 0 Å². The lowest BCUT2D eigenvalue weighted by molar-refractivity contribution is -0.121. The lowest BCUT2D eigenvalue weighted by Gasteiger charge is -2.13. The predicted octanol–water partition coefficient (Wildman–Crippen LogP) is 2.30. The Balaban J connectivity index is 1.53. The molecule has 0 saturated heterocycles. The fourth-order valence-electron chi connectivity index (χ4n) is 2.74. The molecular formula is C19H17ClN2O4. The Morgan fingerprint density at radius 3 is 2.46 bits per heavy atom. The summed E-state index contributed by atoms with van der Waals surface area (Å²) in [6, 6.07) is 12.0. The molecule has 0 radical (unpaired) electrons. The van der Waals surface area contributed by atoms with Crippen molar-refractivity contribution in [1.82, 2.24) is 10.2 Å². The van der Waals surface area contributed by atoms with Crippen LogP contribution in [0.15, 0.2) is 42.5 Å². The van der Waals surface area contributed by atoms with E-state index in [-0.39, 0.29) is 23.6 Å². The molecular weight excluding hydrogens is 356 g/mol. The van der Waals surface area contributed by atoms with Crippen LogP contribution in [0.1, 0.15) is 26.3 Å². The number of nitrogens with zero attached hydrogens (tertiary/aromatic N) is 1. The number of hydrogen-bond donors (Lipinski definition) is 1. The molecule has 2 aromatic rings. The van der Waals surface area contributed by atoms with E-state index in [1.165, 1.54) is 12.1 Å². The van der Waals surface area contributed by atoms with Gasteiger partial charge in [-0.05, 0) is 42.3 Å². The van der Waals surface area contributed by atoms with Gasteiger partial charge in [-0.1, -0.05) is 23.7 Å². The Labute approximate surface area is 155 Å². The zero-order valence-electron chi connectivity index (χ0n) is 14.1. The first-order valence-electron chi connectivity index (χ1n) is 8.05. The third-order valence-electron chi connectivity index (χ3n) is 4.13. The Morgan fingerprint density at radius 2 is 1.77 bits per heavy atom. The minimum absolute atomic E-state index is 0.230. The van der Waals surface area contributed by atoms with Crippen molar-refractivity contribution in [3.8, 4) is 5.75 Å². The molecule has 0 fully saturated rings. The van der Waals surface area contributed by atoms with Crippen LogP contribution in [0.25, 0.3) is 0 Å². The van der Waals surface area contributed by atoms with Crippen LogP contribution in [-0.4, -0.2) is 42.8 Å². The molecule has 134 valence electrons. The number of fused-ring (bicyclic) bond motifs is 1. The summed E-state index contributed by atoms with van der Waals surface area (Å²) >= 11 is 5.87. The van der Waals surface area contributed by atoms with E-state index in [1.807, 2.05) is 24.3 Å². The number of rotatable bonds is 6. The maximum absolute atomic E-state index is 12.3. The van der Waals surface area contributed by atoms with Crippen molar-refractivity contribution in [3.05, 3.63) is 64.2 Å². The van der Waals surface area contributed by atoms with Gasteiger partial charge in [0.1, 0.15) is 12.3 Å². The van der Waals surface area contributed by atoms with Crippen LogP contribution in [0, 0.1) is 0 Å². The number of nitrogens with one attached hydrogen (secondary N) is 1. The summed E-state index contributed by atoms with van der Waals surface area (Å²) in [4.78, 5) is 37.6. The molecule has 2 aromatic carbocycles. The van der Waals surface area contributed by atoms with Crippen LogP contribution >= 0.6 is 11.6 Å². The SMILES string of the molecule is COc1ccc(CCNC(=O)CN2C(=O)c3ccc(Cl)cc3C2=O)cc1. The van der Waals surface area contributed by atoms with Crippen LogP contribution in [0.2, 0.25) is 5.02 Å². The summed E-state index contributed by atoms with van der Waals surface area (Å²) in [5.41, 5.74) is 1.54. The molecule has 1 aliphatic rings. The van der Waals surface area contributed by atoms with E-state index in [0.29, 0.717) is 18.0 Å². The normalized spacial score (nSPS) is 12.9. The molecule has 0 unspecified atom stereocenters. The van der Waals surface area contributed by atoms with Gasteiger partial charge in [-0.3, -0.25) is 19.3 Å². The number of amides is 3. The van der Waals surface area contributed by atoms with E-state index < -0.39 is 11.8 Å². The van der Waals surface area contributed by atoms with Crippen LogP contribution < -0.4 is 10.1 Å². The second-order valence-corrected chi connectivity index (χ2v) is 6.27. The molecule has 3 amide bonds. The highest BCUT2D eigenvalue weighted by Crippen LogP contribution is 2.25. The number of imide groups is 1. The fourth-order valence-corrected chi connectivity index (χ4v) is 2.92. The van der Waals surface area contributed by atoms with Gasteiger partial charge in [0.2, 0.25) is 5.91 Å². The van der Waals surface area contributed by atoms with Crippen molar-refractivity contribution in [2.75, 3.05) is 20.2 Å². The summed E-state index contributed by atoms with van der Waals surface area (Å²) in [7, 11) is 1.60. The van der Waals surface area contributed by atoms with E-state index in [1.54, 1.807) is 13.2 Å². The van der Waals surface area contributed by atoms with E-state index in [9.17, 15) is 14.4 Å². The Bertz CT molecular complexity index is 864. The molecule has 0 spiro atoms. The van der Waals surface area contributed by atoms with Crippen molar-refractivity contribution in [3.63, 3.8) is 0 Å². The van der Waals surface area contributed by atoms with Gasteiger partial charge in [-0.25, -0.2) is 0 Å². The number of halogens is 1. The molecule has 3 rings (SSSR count). The first-order valence-corrected chi connectivity index (χ1v) is 8.43. The zero-order chi connectivity index (χ0) is 18.7. The number of carbonyl (C=O) groups is 3. The monoisotopic (exact) mass is 372 g/mol. The van der Waals surface area contributed by atoms with Crippen molar-refractivity contribution >= 4 is 29.3 Å². The molecule has 0 saturated carbocycles. The molecule has 1 aliphatic heterocycles. The Morgan fingerprint density at radius 1 is 1.08 bits per heavy atom. The standard InChI is InChI=1S/C19H17ClN2O4/c1-26-14-5-2-12(3-6-14)8-9-21-17(23)11-22-18(24)15-7-4-13(20)10-16(15)19(22)25/h2-7,10H,8-9,11H2,1H3,(H,21,23). The van der Waals surface area contributed by atoms with E-state index >= 15 is 0 Å². The Kier molecular flexibility index (Phi) is 5.23. The lowest BCUT2D eigenvalue weighted by atomic mass is 10.1. The lowest BCUT2D eigenvalue weighted by Crippen LogP contribution is -2.40. The number of carbonyl (C=O) groups excluding carboxylic acids is 3. The Hall–Kier alpha value is -2.86. The van der Waals surface area contributed by atoms with Crippen molar-refractivity contribution in [2.45, 2.75) is 6.42 Å². The van der Waals surface area contributed by atoms with Crippen LogP contribution in [0.5, 0.6) is 5.75 Å². The largest absolute Gasteiger partial charge is 0.497 e. The highest BCUT2D eigenvalue weighted by atomic mass is 35.5. The van der Waals surface area contributed by atoms with E-state index in [4.69, 9.17) is 16.3 Å². The van der Waals surface area contributed by atoms with Gasteiger partial charge in [0, 0.05) is 11.6 Å². The first-order chi connectivity index (χ1) is 12.5. The molecule has 1 N–H and O–H groups in total. The number of benzene rings is 2. The van der Waals surface area contributed by atoms with Gasteiger partial charge in [-0.2, -0.15) is 0 Å². The van der Waals surface area contributed by atoms with Gasteiger partial charge < -0.3 is 10.1 Å². The van der Waals surface area contributed by atoms with Gasteiger partial charge in [0.15, 0.2) is 0 Å². The van der Waals surface area contributed by atoms with Crippen molar-refractivity contribution in [1.29, 1.82) is 0 Å². The predicted molar refractivity (Wildman–Crippen MR) is 96.5 cm³/mol. The molecule has 6 nitrogen and oxygen atoms in total. The maximum atomic E-state index is 12.3. The molecule has 0 atom stereocenters. The van der Waals surface area contributed by atoms with Crippen LogP contribution in [0.3, 0.4) is 0 Å². The molecule has 0 aromatic heterocycles. The number of methoxy groups -OCH3 is 1. The highest BCUT2D eigenvalue weighted by molar-refractivity contribution is 6.32. The van der Waals surface area contributed by atoms with E-state index in [0.717, 1.165) is 16.2 Å². The summed E-state index contributed by atoms with van der Waals surface area (Å²) < 4.78 is 5.09. The zero-order valence-corrected chi connectivity index (χ0v) is 14.9. The fraction of sp³-hybridized carbons (Fsp3) is 0.211. The quantitative estimate of drug-likeness (QED) is 0.789. The third kappa shape index (κ3) is 3.70. The van der Waals surface area contributed by atoms with Crippen LogP contribution in [-0.2, 0) is 11.2 Å². The minimum Gasteiger partial charge on any atom is -0.497 e. The number of hydrogen-bond acceptors (Lipinski definition) is 4. The van der Waals surface area contributed by atoms with Crippen LogP contribution in [0.4, 0.5) is 0 Å². The molecule has 26 heavy (non-hydrogen) atoms. The smallest absolute Gasteiger partial charge is 0.262 e. The number of ether oxygens (including phenoxy) is 1. The molecule has 0 aliphatic carbocycles.